The summed E-state index contributed by atoms with van der Waals surface area (Å²) in [4.78, 5) is 0. The van der Waals surface area contributed by atoms with Crippen LogP contribution in [0.4, 0.5) is 5.95 Å². The number of hydrogen-bond acceptors (Lipinski definition) is 5. The summed E-state index contributed by atoms with van der Waals surface area (Å²) in [6, 6.07) is 0.265. The predicted molar refractivity (Wildman–Crippen MR) is 75.5 cm³/mol. The molecule has 0 saturated heterocycles. The third-order valence-corrected chi connectivity index (χ3v) is 3.69. The monoisotopic (exact) mass is 330 g/mol. The van der Waals surface area contributed by atoms with E-state index in [1.165, 1.54) is 0 Å². The van der Waals surface area contributed by atoms with Gasteiger partial charge in [0, 0.05) is 18.0 Å². The summed E-state index contributed by atoms with van der Waals surface area (Å²) in [5.41, 5.74) is 5.78. The number of halogens is 1. The molecule has 2 aromatic heterocycles. The molecule has 0 aliphatic carbocycles. The van der Waals surface area contributed by atoms with Crippen molar-refractivity contribution < 1.29 is 0 Å². The lowest BCUT2D eigenvalue weighted by molar-refractivity contribution is 0.556. The first-order valence-electron chi connectivity index (χ1n) is 5.59. The van der Waals surface area contributed by atoms with E-state index in [0.29, 0.717) is 5.95 Å². The Bertz CT molecular complexity index is 520. The molecule has 0 radical (unpaired) electrons. The third-order valence-electron chi connectivity index (χ3n) is 2.36. The molecule has 0 atom stereocenters. The molecule has 18 heavy (non-hydrogen) atoms. The highest BCUT2D eigenvalue weighted by atomic mass is 79.9. The Hall–Kier alpha value is -1.02. The fourth-order valence-corrected chi connectivity index (χ4v) is 2.89. The first kappa shape index (κ1) is 13.4. The number of anilines is 1. The molecule has 0 unspecified atom stereocenters. The maximum absolute atomic E-state index is 5.78. The van der Waals surface area contributed by atoms with E-state index in [2.05, 4.69) is 45.1 Å². The number of nitrogens with zero attached hydrogens (tertiary/aromatic N) is 5. The number of thioether (sulfide) groups is 1. The van der Waals surface area contributed by atoms with E-state index >= 15 is 0 Å². The Morgan fingerprint density at radius 2 is 2.22 bits per heavy atom. The highest BCUT2D eigenvalue weighted by molar-refractivity contribution is 9.10. The third kappa shape index (κ3) is 3.05. The quantitative estimate of drug-likeness (QED) is 0.850. The molecule has 0 aliphatic rings. The molecule has 0 saturated carbocycles. The van der Waals surface area contributed by atoms with Crippen LogP contribution in [-0.2, 0) is 6.54 Å². The van der Waals surface area contributed by atoms with Crippen molar-refractivity contribution in [2.24, 2.45) is 0 Å². The van der Waals surface area contributed by atoms with Crippen LogP contribution in [0.5, 0.6) is 0 Å². The molecule has 0 amide bonds. The summed E-state index contributed by atoms with van der Waals surface area (Å²) < 4.78 is 4.81. The average Bonchev–Trinajstić information content (AvgIpc) is 2.86. The Kier molecular flexibility index (Phi) is 4.28. The fourth-order valence-electron chi connectivity index (χ4n) is 1.56. The molecule has 2 N–H and O–H groups in total. The molecular weight excluding hydrogens is 316 g/mol. The van der Waals surface area contributed by atoms with E-state index in [9.17, 15) is 0 Å². The molecule has 0 aromatic carbocycles. The molecule has 2 rings (SSSR count). The maximum atomic E-state index is 5.78. The lowest BCUT2D eigenvalue weighted by Crippen LogP contribution is -2.08. The Morgan fingerprint density at radius 1 is 1.44 bits per heavy atom. The molecule has 2 heterocycles. The van der Waals surface area contributed by atoms with Crippen molar-refractivity contribution in [3.05, 3.63) is 16.9 Å². The molecule has 0 bridgehead atoms. The van der Waals surface area contributed by atoms with Crippen LogP contribution < -0.4 is 5.73 Å². The number of nitrogens with two attached hydrogens (primary N) is 1. The summed E-state index contributed by atoms with van der Waals surface area (Å²) in [7, 11) is 0. The van der Waals surface area contributed by atoms with E-state index in [1.807, 2.05) is 15.4 Å². The predicted octanol–water partition coefficient (Wildman–Crippen LogP) is 2.19. The summed E-state index contributed by atoms with van der Waals surface area (Å²) in [6.45, 7) is 4.95. The zero-order valence-electron chi connectivity index (χ0n) is 10.2. The number of aryl methyl sites for hydroxylation is 1. The molecule has 6 nitrogen and oxygen atoms in total. The van der Waals surface area contributed by atoms with Gasteiger partial charge in [0.25, 0.3) is 0 Å². The van der Waals surface area contributed by atoms with Gasteiger partial charge < -0.3 is 5.73 Å². The molecule has 0 aliphatic heterocycles. The second-order valence-electron chi connectivity index (χ2n) is 4.07. The maximum Gasteiger partial charge on any atom is 0.222 e. The largest absolute Gasteiger partial charge is 0.368 e. The molecule has 0 spiro atoms. The molecular formula is C10H15BrN6S. The fraction of sp³-hybridized carbons (Fsp3) is 0.500. The molecule has 0 fully saturated rings. The van der Waals surface area contributed by atoms with Gasteiger partial charge in [-0.3, -0.25) is 9.25 Å². The number of aromatic nitrogens is 5. The van der Waals surface area contributed by atoms with Gasteiger partial charge in [0.2, 0.25) is 5.95 Å². The van der Waals surface area contributed by atoms with Gasteiger partial charge in [0.1, 0.15) is 0 Å². The number of nitrogen functional groups attached to an aromatic ring is 1. The van der Waals surface area contributed by atoms with Crippen molar-refractivity contribution in [2.75, 3.05) is 11.5 Å². The van der Waals surface area contributed by atoms with Gasteiger partial charge in [-0.25, -0.2) is 0 Å². The number of rotatable bonds is 5. The van der Waals surface area contributed by atoms with Crippen molar-refractivity contribution >= 4 is 33.6 Å². The van der Waals surface area contributed by atoms with Crippen molar-refractivity contribution in [2.45, 2.75) is 31.6 Å². The van der Waals surface area contributed by atoms with Crippen LogP contribution in [0.15, 0.2) is 22.0 Å². The van der Waals surface area contributed by atoms with E-state index in [-0.39, 0.29) is 6.04 Å². The Balaban J connectivity index is 1.94. The second-order valence-corrected chi connectivity index (χ2v) is 6.05. The highest BCUT2D eigenvalue weighted by Crippen LogP contribution is 2.22. The minimum absolute atomic E-state index is 0.265. The smallest absolute Gasteiger partial charge is 0.222 e. The van der Waals surface area contributed by atoms with Gasteiger partial charge in [0.05, 0.1) is 17.2 Å². The van der Waals surface area contributed by atoms with E-state index in [0.717, 1.165) is 21.9 Å². The Labute approximate surface area is 118 Å². The van der Waals surface area contributed by atoms with E-state index in [1.54, 1.807) is 18.0 Å². The van der Waals surface area contributed by atoms with Crippen LogP contribution in [0, 0.1) is 0 Å². The summed E-state index contributed by atoms with van der Waals surface area (Å²) in [5.74, 6) is 1.34. The van der Waals surface area contributed by atoms with Crippen LogP contribution in [0.2, 0.25) is 0 Å². The summed E-state index contributed by atoms with van der Waals surface area (Å²) in [6.07, 6.45) is 3.72. The standard InChI is InChI=1S/C10H15BrN6S/c1-7(2)17-9(12)14-15-10(17)18-4-3-16-6-8(11)5-13-16/h5-7H,3-4H2,1-2H3,(H2,12,14). The van der Waals surface area contributed by atoms with E-state index in [4.69, 9.17) is 5.73 Å². The van der Waals surface area contributed by atoms with Gasteiger partial charge in [0.15, 0.2) is 5.16 Å². The average molecular weight is 331 g/mol. The van der Waals surface area contributed by atoms with Crippen molar-refractivity contribution in [1.29, 1.82) is 0 Å². The molecule has 8 heteroatoms. The zero-order chi connectivity index (χ0) is 13.1. The van der Waals surface area contributed by atoms with Crippen LogP contribution >= 0.6 is 27.7 Å². The van der Waals surface area contributed by atoms with Gasteiger partial charge in [-0.05, 0) is 29.8 Å². The summed E-state index contributed by atoms with van der Waals surface area (Å²) >= 11 is 5.00. The first-order valence-corrected chi connectivity index (χ1v) is 7.37. The van der Waals surface area contributed by atoms with Crippen molar-refractivity contribution in [1.82, 2.24) is 24.5 Å². The lowest BCUT2D eigenvalue weighted by Gasteiger charge is -2.11. The summed E-state index contributed by atoms with van der Waals surface area (Å²) in [5, 5.41) is 13.0. The van der Waals surface area contributed by atoms with Gasteiger partial charge in [-0.15, -0.1) is 10.2 Å². The zero-order valence-corrected chi connectivity index (χ0v) is 12.6. The second kappa shape index (κ2) is 5.75. The van der Waals surface area contributed by atoms with Crippen LogP contribution in [0.3, 0.4) is 0 Å². The topological polar surface area (TPSA) is 74.6 Å². The van der Waals surface area contributed by atoms with Gasteiger partial charge in [-0.2, -0.15) is 5.10 Å². The lowest BCUT2D eigenvalue weighted by atomic mass is 10.4. The van der Waals surface area contributed by atoms with Gasteiger partial charge >= 0.3 is 0 Å². The van der Waals surface area contributed by atoms with Crippen molar-refractivity contribution in [3.63, 3.8) is 0 Å². The van der Waals surface area contributed by atoms with Crippen LogP contribution in [-0.4, -0.2) is 30.3 Å². The first-order chi connectivity index (χ1) is 8.58. The number of hydrogen-bond donors (Lipinski definition) is 1. The highest BCUT2D eigenvalue weighted by Gasteiger charge is 2.12. The van der Waals surface area contributed by atoms with E-state index < -0.39 is 0 Å². The SMILES string of the molecule is CC(C)n1c(N)nnc1SCCn1cc(Br)cn1. The minimum atomic E-state index is 0.265. The van der Waals surface area contributed by atoms with Crippen molar-refractivity contribution in [3.8, 4) is 0 Å². The Morgan fingerprint density at radius 3 is 2.83 bits per heavy atom. The molecule has 98 valence electrons. The van der Waals surface area contributed by atoms with Crippen LogP contribution in [0.1, 0.15) is 19.9 Å². The normalized spacial score (nSPS) is 11.3. The van der Waals surface area contributed by atoms with Gasteiger partial charge in [-0.1, -0.05) is 11.8 Å². The van der Waals surface area contributed by atoms with Crippen LogP contribution in [0.25, 0.3) is 0 Å². The molecule has 2 aromatic rings. The minimum Gasteiger partial charge on any atom is -0.368 e.